The van der Waals surface area contributed by atoms with Crippen molar-refractivity contribution in [2.45, 2.75) is 44.1 Å². The summed E-state index contributed by atoms with van der Waals surface area (Å²) in [5.41, 5.74) is 2.09. The lowest BCUT2D eigenvalue weighted by Crippen LogP contribution is -2.25. The number of aromatic nitrogens is 2. The molecule has 1 aromatic carbocycles. The molecule has 1 unspecified atom stereocenters. The van der Waals surface area contributed by atoms with Gasteiger partial charge in [0.05, 0.1) is 12.2 Å². The molecule has 2 aromatic rings. The molecular formula is C17H18ClN3O. The fourth-order valence-corrected chi connectivity index (χ4v) is 3.97. The lowest BCUT2D eigenvalue weighted by atomic mass is 9.87. The molecule has 114 valence electrons. The number of hydrogen-bond donors (Lipinski definition) is 1. The van der Waals surface area contributed by atoms with Crippen LogP contribution in [-0.2, 0) is 4.79 Å². The van der Waals surface area contributed by atoms with Gasteiger partial charge in [-0.05, 0) is 24.5 Å². The maximum atomic E-state index is 12.2. The third-order valence-corrected chi connectivity index (χ3v) is 5.14. The number of fused-ring (bicyclic) bond motifs is 1. The minimum Gasteiger partial charge on any atom is -0.311 e. The van der Waals surface area contributed by atoms with Crippen LogP contribution >= 0.6 is 11.6 Å². The number of carbonyl (C=O) groups excluding carboxylic acids is 1. The smallest absolute Gasteiger partial charge is 0.226 e. The van der Waals surface area contributed by atoms with Crippen molar-refractivity contribution in [3.05, 3.63) is 46.6 Å². The van der Waals surface area contributed by atoms with Crippen LogP contribution in [0.5, 0.6) is 0 Å². The summed E-state index contributed by atoms with van der Waals surface area (Å²) in [4.78, 5) is 12.2. The van der Waals surface area contributed by atoms with Crippen molar-refractivity contribution >= 4 is 23.3 Å². The minimum atomic E-state index is -0.00685. The van der Waals surface area contributed by atoms with Crippen LogP contribution in [0.3, 0.4) is 0 Å². The zero-order chi connectivity index (χ0) is 15.1. The Kier molecular flexibility index (Phi) is 3.41. The van der Waals surface area contributed by atoms with E-state index in [0.717, 1.165) is 29.8 Å². The third kappa shape index (κ3) is 2.22. The molecule has 1 aromatic heterocycles. The van der Waals surface area contributed by atoms with Gasteiger partial charge in [0.15, 0.2) is 0 Å². The Morgan fingerprint density at radius 2 is 1.95 bits per heavy atom. The van der Waals surface area contributed by atoms with Gasteiger partial charge in [-0.25, -0.2) is 4.68 Å². The highest BCUT2D eigenvalue weighted by Crippen LogP contribution is 2.42. The van der Waals surface area contributed by atoms with E-state index in [1.165, 1.54) is 12.8 Å². The summed E-state index contributed by atoms with van der Waals surface area (Å²) in [6, 6.07) is 8.17. The summed E-state index contributed by atoms with van der Waals surface area (Å²) < 4.78 is 2.02. The molecule has 2 aliphatic rings. The lowest BCUT2D eigenvalue weighted by molar-refractivity contribution is -0.116. The topological polar surface area (TPSA) is 46.9 Å². The average molecular weight is 316 g/mol. The fourth-order valence-electron chi connectivity index (χ4n) is 3.70. The minimum absolute atomic E-state index is 0.00685. The predicted octanol–water partition coefficient (Wildman–Crippen LogP) is 4.13. The Labute approximate surface area is 134 Å². The number of nitrogens with one attached hydrogen (secondary N) is 1. The Bertz CT molecular complexity index is 718. The van der Waals surface area contributed by atoms with Crippen molar-refractivity contribution in [1.82, 2.24) is 9.78 Å². The van der Waals surface area contributed by atoms with E-state index in [1.54, 1.807) is 0 Å². The van der Waals surface area contributed by atoms with E-state index in [4.69, 9.17) is 11.6 Å². The number of anilines is 1. The number of carbonyl (C=O) groups is 1. The highest BCUT2D eigenvalue weighted by molar-refractivity contribution is 6.31. The molecule has 1 atom stereocenters. The molecule has 22 heavy (non-hydrogen) atoms. The average Bonchev–Trinajstić information content (AvgIpc) is 3.15. The highest BCUT2D eigenvalue weighted by Gasteiger charge is 2.33. The van der Waals surface area contributed by atoms with Gasteiger partial charge in [0.25, 0.3) is 0 Å². The molecule has 4 nitrogen and oxygen atoms in total. The summed E-state index contributed by atoms with van der Waals surface area (Å²) in [7, 11) is 0. The summed E-state index contributed by atoms with van der Waals surface area (Å²) in [6.07, 6.45) is 7.08. The number of rotatable bonds is 2. The fraction of sp³-hybridized carbons (Fsp3) is 0.412. The predicted molar refractivity (Wildman–Crippen MR) is 86.3 cm³/mol. The van der Waals surface area contributed by atoms with Crippen LogP contribution in [-0.4, -0.2) is 15.7 Å². The molecule has 1 aliphatic carbocycles. The first-order chi connectivity index (χ1) is 10.7. The van der Waals surface area contributed by atoms with Crippen LogP contribution in [0, 0.1) is 0 Å². The van der Waals surface area contributed by atoms with Crippen molar-refractivity contribution in [3.8, 4) is 0 Å². The number of benzene rings is 1. The van der Waals surface area contributed by atoms with Crippen LogP contribution in [0.4, 0.5) is 5.82 Å². The van der Waals surface area contributed by atoms with Gasteiger partial charge in [-0.2, -0.15) is 5.10 Å². The first kappa shape index (κ1) is 13.8. The Hall–Kier alpha value is -1.81. The number of nitrogens with zero attached hydrogens (tertiary/aromatic N) is 2. The van der Waals surface area contributed by atoms with E-state index < -0.39 is 0 Å². The standard InChI is InChI=1S/C17H18ClN3O/c18-15-8-4-3-7-12(15)13-9-16(22)20-17-14(13)10-19-21(17)11-5-1-2-6-11/h3-4,7-8,10-11,13H,1-2,5-6,9H2,(H,20,22). The van der Waals surface area contributed by atoms with Gasteiger partial charge in [0.2, 0.25) is 5.91 Å². The van der Waals surface area contributed by atoms with Gasteiger partial charge in [0.1, 0.15) is 5.82 Å². The second-order valence-electron chi connectivity index (χ2n) is 6.16. The zero-order valence-corrected chi connectivity index (χ0v) is 13.0. The molecule has 1 N–H and O–H groups in total. The second-order valence-corrected chi connectivity index (χ2v) is 6.56. The number of halogens is 1. The maximum absolute atomic E-state index is 12.2. The molecule has 0 spiro atoms. The second kappa shape index (κ2) is 5.43. The summed E-state index contributed by atoms with van der Waals surface area (Å²) in [6.45, 7) is 0. The van der Waals surface area contributed by atoms with Crippen LogP contribution < -0.4 is 5.32 Å². The Balaban J connectivity index is 1.78. The molecule has 0 saturated heterocycles. The molecule has 1 aliphatic heterocycles. The van der Waals surface area contributed by atoms with Gasteiger partial charge in [0, 0.05) is 22.9 Å². The quantitative estimate of drug-likeness (QED) is 0.906. The van der Waals surface area contributed by atoms with Gasteiger partial charge in [-0.3, -0.25) is 4.79 Å². The van der Waals surface area contributed by atoms with Crippen LogP contribution in [0.1, 0.15) is 55.2 Å². The maximum Gasteiger partial charge on any atom is 0.226 e. The molecule has 1 amide bonds. The SMILES string of the molecule is O=C1CC(c2ccccc2Cl)c2cnn(C3CCCC3)c2N1. The largest absolute Gasteiger partial charge is 0.311 e. The summed E-state index contributed by atoms with van der Waals surface area (Å²) in [5, 5.41) is 8.31. The molecular weight excluding hydrogens is 298 g/mol. The van der Waals surface area contributed by atoms with Gasteiger partial charge in [-0.1, -0.05) is 42.6 Å². The molecule has 0 bridgehead atoms. The van der Waals surface area contributed by atoms with Gasteiger partial charge < -0.3 is 5.32 Å². The summed E-state index contributed by atoms with van der Waals surface area (Å²) >= 11 is 6.35. The first-order valence-corrected chi connectivity index (χ1v) is 8.23. The third-order valence-electron chi connectivity index (χ3n) is 4.80. The monoisotopic (exact) mass is 315 g/mol. The van der Waals surface area contributed by atoms with Crippen LogP contribution in [0.25, 0.3) is 0 Å². The van der Waals surface area contributed by atoms with Gasteiger partial charge >= 0.3 is 0 Å². The van der Waals surface area contributed by atoms with Crippen molar-refractivity contribution in [3.63, 3.8) is 0 Å². The summed E-state index contributed by atoms with van der Waals surface area (Å²) in [5.74, 6) is 0.901. The molecule has 2 heterocycles. The Morgan fingerprint density at radius 3 is 2.73 bits per heavy atom. The van der Waals surface area contributed by atoms with Crippen molar-refractivity contribution < 1.29 is 4.79 Å². The van der Waals surface area contributed by atoms with Crippen molar-refractivity contribution in [2.75, 3.05) is 5.32 Å². The zero-order valence-electron chi connectivity index (χ0n) is 12.3. The van der Waals surface area contributed by atoms with E-state index in [-0.39, 0.29) is 11.8 Å². The van der Waals surface area contributed by atoms with Gasteiger partial charge in [-0.15, -0.1) is 0 Å². The van der Waals surface area contributed by atoms with E-state index in [9.17, 15) is 4.79 Å². The van der Waals surface area contributed by atoms with E-state index >= 15 is 0 Å². The lowest BCUT2D eigenvalue weighted by Gasteiger charge is -2.25. The molecule has 1 fully saturated rings. The first-order valence-electron chi connectivity index (χ1n) is 7.85. The van der Waals surface area contributed by atoms with Crippen molar-refractivity contribution in [2.24, 2.45) is 0 Å². The molecule has 5 heteroatoms. The Morgan fingerprint density at radius 1 is 1.18 bits per heavy atom. The number of hydrogen-bond acceptors (Lipinski definition) is 2. The normalized spacial score (nSPS) is 21.7. The molecule has 1 saturated carbocycles. The van der Waals surface area contributed by atoms with Crippen molar-refractivity contribution in [1.29, 1.82) is 0 Å². The highest BCUT2D eigenvalue weighted by atomic mass is 35.5. The molecule has 4 rings (SSSR count). The van der Waals surface area contributed by atoms with Crippen LogP contribution in [0.2, 0.25) is 5.02 Å². The number of amides is 1. The van der Waals surface area contributed by atoms with Crippen LogP contribution in [0.15, 0.2) is 30.5 Å². The van der Waals surface area contributed by atoms with E-state index in [2.05, 4.69) is 10.4 Å². The molecule has 0 radical (unpaired) electrons. The van der Waals surface area contributed by atoms with E-state index in [1.807, 2.05) is 35.1 Å². The van der Waals surface area contributed by atoms with E-state index in [0.29, 0.717) is 17.5 Å².